The molecule has 0 unspecified atom stereocenters. The van der Waals surface area contributed by atoms with Crippen LogP contribution in [0, 0.1) is 0 Å². The average molecular weight is 428 g/mol. The van der Waals surface area contributed by atoms with Crippen molar-refractivity contribution in [2.24, 2.45) is 0 Å². The van der Waals surface area contributed by atoms with Crippen LogP contribution in [0.1, 0.15) is 20.7 Å². The first-order valence-electron chi connectivity index (χ1n) is 9.80. The molecule has 1 amide bonds. The van der Waals surface area contributed by atoms with Crippen molar-refractivity contribution in [3.8, 4) is 11.4 Å². The quantitative estimate of drug-likeness (QED) is 0.485. The third-order valence-corrected chi connectivity index (χ3v) is 5.08. The van der Waals surface area contributed by atoms with Gasteiger partial charge in [-0.15, -0.1) is 0 Å². The van der Waals surface area contributed by atoms with E-state index in [0.717, 1.165) is 0 Å². The number of nitrogens with one attached hydrogen (secondary N) is 1. The van der Waals surface area contributed by atoms with Crippen LogP contribution >= 0.6 is 0 Å². The summed E-state index contributed by atoms with van der Waals surface area (Å²) in [4.78, 5) is 37.9. The van der Waals surface area contributed by atoms with Gasteiger partial charge in [-0.25, -0.2) is 4.79 Å². The lowest BCUT2D eigenvalue weighted by Gasteiger charge is -2.13. The molecule has 0 fully saturated rings. The molecular weight excluding hydrogens is 408 g/mol. The fraction of sp³-hybridized carbons (Fsp3) is 0.0800. The highest BCUT2D eigenvalue weighted by molar-refractivity contribution is 6.12. The zero-order valence-corrected chi connectivity index (χ0v) is 17.5. The highest BCUT2D eigenvalue weighted by Crippen LogP contribution is 2.21. The maximum Gasteiger partial charge on any atom is 0.337 e. The Morgan fingerprint density at radius 3 is 2.12 bits per heavy atom. The summed E-state index contributed by atoms with van der Waals surface area (Å²) in [5, 5.41) is 3.80. The minimum atomic E-state index is -0.458. The topological polar surface area (TPSA) is 86.6 Å². The number of fused-ring (bicyclic) bond motifs is 1. The second-order valence-corrected chi connectivity index (χ2v) is 6.98. The number of pyridine rings is 1. The number of hydrogen-bond acceptors (Lipinski definition) is 5. The van der Waals surface area contributed by atoms with Crippen LogP contribution in [0.25, 0.3) is 16.5 Å². The maximum absolute atomic E-state index is 13.2. The zero-order chi connectivity index (χ0) is 22.7. The van der Waals surface area contributed by atoms with E-state index >= 15 is 0 Å². The Balaban J connectivity index is 1.75. The number of anilines is 1. The number of carbonyl (C=O) groups excluding carboxylic acids is 2. The molecule has 4 rings (SSSR count). The summed E-state index contributed by atoms with van der Waals surface area (Å²) >= 11 is 0. The van der Waals surface area contributed by atoms with Gasteiger partial charge in [-0.3, -0.25) is 14.2 Å². The van der Waals surface area contributed by atoms with Crippen LogP contribution in [0.5, 0.6) is 5.75 Å². The SMILES string of the molecule is COC(=O)c1ccc(NC(=O)c2cn(-c3ccc(OC)cc3)c(=O)c3ccccc23)cc1. The normalized spacial score (nSPS) is 10.6. The second-order valence-electron chi connectivity index (χ2n) is 6.98. The molecule has 1 aromatic heterocycles. The molecule has 7 nitrogen and oxygen atoms in total. The predicted molar refractivity (Wildman–Crippen MR) is 122 cm³/mol. The minimum Gasteiger partial charge on any atom is -0.497 e. The van der Waals surface area contributed by atoms with Crippen molar-refractivity contribution in [1.82, 2.24) is 4.57 Å². The summed E-state index contributed by atoms with van der Waals surface area (Å²) < 4.78 is 11.3. The van der Waals surface area contributed by atoms with Crippen molar-refractivity contribution < 1.29 is 19.1 Å². The summed E-state index contributed by atoms with van der Waals surface area (Å²) in [5.74, 6) is -0.175. The first kappa shape index (κ1) is 20.9. The fourth-order valence-electron chi connectivity index (χ4n) is 3.41. The van der Waals surface area contributed by atoms with Crippen LogP contribution in [-0.4, -0.2) is 30.7 Å². The van der Waals surface area contributed by atoms with E-state index in [2.05, 4.69) is 10.1 Å². The van der Waals surface area contributed by atoms with Crippen LogP contribution < -0.4 is 15.6 Å². The van der Waals surface area contributed by atoms with Gasteiger partial charge in [0.1, 0.15) is 5.75 Å². The second kappa shape index (κ2) is 8.77. The van der Waals surface area contributed by atoms with Gasteiger partial charge in [-0.05, 0) is 54.6 Å². The number of esters is 1. The average Bonchev–Trinajstić information content (AvgIpc) is 2.84. The largest absolute Gasteiger partial charge is 0.497 e. The zero-order valence-electron chi connectivity index (χ0n) is 17.5. The maximum atomic E-state index is 13.2. The van der Waals surface area contributed by atoms with Gasteiger partial charge in [-0.2, -0.15) is 0 Å². The van der Waals surface area contributed by atoms with Gasteiger partial charge in [0.2, 0.25) is 0 Å². The lowest BCUT2D eigenvalue weighted by molar-refractivity contribution is 0.0600. The molecule has 160 valence electrons. The van der Waals surface area contributed by atoms with E-state index in [1.807, 2.05) is 0 Å². The number of amides is 1. The molecule has 0 saturated heterocycles. The summed E-state index contributed by atoms with van der Waals surface area (Å²) in [6, 6.07) is 20.3. The first-order chi connectivity index (χ1) is 15.5. The van der Waals surface area contributed by atoms with Crippen molar-refractivity contribution in [3.63, 3.8) is 0 Å². The Morgan fingerprint density at radius 1 is 0.844 bits per heavy atom. The summed E-state index contributed by atoms with van der Waals surface area (Å²) in [6.07, 6.45) is 1.53. The lowest BCUT2D eigenvalue weighted by atomic mass is 10.1. The van der Waals surface area contributed by atoms with Crippen molar-refractivity contribution in [2.75, 3.05) is 19.5 Å². The van der Waals surface area contributed by atoms with Gasteiger partial charge in [0.15, 0.2) is 0 Å². The number of aromatic nitrogens is 1. The van der Waals surface area contributed by atoms with Crippen molar-refractivity contribution in [2.45, 2.75) is 0 Å². The molecule has 0 radical (unpaired) electrons. The monoisotopic (exact) mass is 428 g/mol. The van der Waals surface area contributed by atoms with E-state index in [0.29, 0.717) is 39.0 Å². The number of benzene rings is 3. The minimum absolute atomic E-state index is 0.232. The van der Waals surface area contributed by atoms with E-state index in [1.165, 1.54) is 17.9 Å². The van der Waals surface area contributed by atoms with Crippen molar-refractivity contribution >= 4 is 28.3 Å². The molecule has 32 heavy (non-hydrogen) atoms. The van der Waals surface area contributed by atoms with E-state index in [1.54, 1.807) is 79.9 Å². The Bertz CT molecular complexity index is 1360. The number of hydrogen-bond donors (Lipinski definition) is 1. The third kappa shape index (κ3) is 3.96. The molecule has 0 saturated carbocycles. The summed E-state index contributed by atoms with van der Waals surface area (Å²) in [6.45, 7) is 0. The van der Waals surface area contributed by atoms with E-state index < -0.39 is 5.97 Å². The van der Waals surface area contributed by atoms with Gasteiger partial charge in [0.05, 0.1) is 25.3 Å². The van der Waals surface area contributed by atoms with Gasteiger partial charge < -0.3 is 14.8 Å². The number of nitrogens with zero attached hydrogens (tertiary/aromatic N) is 1. The van der Waals surface area contributed by atoms with Gasteiger partial charge in [0, 0.05) is 28.3 Å². The molecule has 0 atom stereocenters. The molecule has 1 N–H and O–H groups in total. The predicted octanol–water partition coefficient (Wildman–Crippen LogP) is 4.04. The third-order valence-electron chi connectivity index (χ3n) is 5.08. The van der Waals surface area contributed by atoms with Crippen LogP contribution in [0.4, 0.5) is 5.69 Å². The Labute approximate surface area is 183 Å². The van der Waals surface area contributed by atoms with E-state index in [4.69, 9.17) is 4.74 Å². The van der Waals surface area contributed by atoms with Crippen LogP contribution in [0.2, 0.25) is 0 Å². The smallest absolute Gasteiger partial charge is 0.337 e. The van der Waals surface area contributed by atoms with Gasteiger partial charge in [-0.1, -0.05) is 18.2 Å². The fourth-order valence-corrected chi connectivity index (χ4v) is 3.41. The molecule has 0 bridgehead atoms. The number of carbonyl (C=O) groups is 2. The molecule has 0 spiro atoms. The molecule has 0 aliphatic carbocycles. The van der Waals surface area contributed by atoms with Gasteiger partial charge in [0.25, 0.3) is 11.5 Å². The van der Waals surface area contributed by atoms with E-state index in [9.17, 15) is 14.4 Å². The Morgan fingerprint density at radius 2 is 1.50 bits per heavy atom. The molecule has 7 heteroatoms. The van der Waals surface area contributed by atoms with Gasteiger partial charge >= 0.3 is 5.97 Å². The van der Waals surface area contributed by atoms with Crippen LogP contribution in [-0.2, 0) is 4.74 Å². The molecule has 1 heterocycles. The molecule has 0 aliphatic rings. The number of methoxy groups -OCH3 is 2. The summed E-state index contributed by atoms with van der Waals surface area (Å²) in [5.41, 5.74) is 1.61. The highest BCUT2D eigenvalue weighted by atomic mass is 16.5. The van der Waals surface area contributed by atoms with E-state index in [-0.39, 0.29) is 11.5 Å². The van der Waals surface area contributed by atoms with Crippen LogP contribution in [0.15, 0.2) is 83.8 Å². The standard InChI is InChI=1S/C25H20N2O5/c1-31-19-13-11-18(12-14-19)27-15-22(20-5-3-4-6-21(20)24(27)29)23(28)26-17-9-7-16(8-10-17)25(30)32-2/h3-15H,1-2H3,(H,26,28). The molecular formula is C25H20N2O5. The lowest BCUT2D eigenvalue weighted by Crippen LogP contribution is -2.22. The molecule has 4 aromatic rings. The van der Waals surface area contributed by atoms with Crippen molar-refractivity contribution in [1.29, 1.82) is 0 Å². The highest BCUT2D eigenvalue weighted by Gasteiger charge is 2.16. The number of ether oxygens (including phenoxy) is 2. The molecule has 0 aliphatic heterocycles. The Hall–Kier alpha value is -4.39. The Kier molecular flexibility index (Phi) is 5.72. The number of rotatable bonds is 5. The first-order valence-corrected chi connectivity index (χ1v) is 9.80. The van der Waals surface area contributed by atoms with Crippen molar-refractivity contribution in [3.05, 3.63) is 100 Å². The summed E-state index contributed by atoms with van der Waals surface area (Å²) in [7, 11) is 2.87. The molecule has 3 aromatic carbocycles. The van der Waals surface area contributed by atoms with Crippen LogP contribution in [0.3, 0.4) is 0 Å².